The molecule has 0 radical (unpaired) electrons. The van der Waals surface area contributed by atoms with Crippen molar-refractivity contribution >= 4 is 29.1 Å². The van der Waals surface area contributed by atoms with E-state index in [4.69, 9.17) is 11.6 Å². The highest BCUT2D eigenvalue weighted by atomic mass is 35.5. The van der Waals surface area contributed by atoms with E-state index in [0.29, 0.717) is 21.6 Å². The van der Waals surface area contributed by atoms with E-state index in [0.717, 1.165) is 11.3 Å². The molecule has 0 aliphatic heterocycles. The van der Waals surface area contributed by atoms with Gasteiger partial charge in [-0.15, -0.1) is 10.2 Å². The van der Waals surface area contributed by atoms with Gasteiger partial charge in [-0.05, 0) is 48.5 Å². The third-order valence-corrected chi connectivity index (χ3v) is 5.52. The zero-order chi connectivity index (χ0) is 20.2. The van der Waals surface area contributed by atoms with Crippen LogP contribution in [0.2, 0.25) is 5.02 Å². The lowest BCUT2D eigenvalue weighted by atomic mass is 10.1. The van der Waals surface area contributed by atoms with Gasteiger partial charge >= 0.3 is 0 Å². The van der Waals surface area contributed by atoms with Crippen molar-refractivity contribution in [3.05, 3.63) is 95.3 Å². The second-order valence-electron chi connectivity index (χ2n) is 6.18. The first kappa shape index (κ1) is 19.4. The number of carbonyl (C=O) groups excluding carboxylic acids is 1. The van der Waals surface area contributed by atoms with Gasteiger partial charge in [-0.2, -0.15) is 0 Å². The molecule has 7 heteroatoms. The summed E-state index contributed by atoms with van der Waals surface area (Å²) in [6, 6.07) is 22.6. The molecule has 3 aromatic carbocycles. The smallest absolute Gasteiger partial charge is 0.196 e. The van der Waals surface area contributed by atoms with Crippen LogP contribution in [0, 0.1) is 5.82 Å². The average molecular weight is 424 g/mol. The van der Waals surface area contributed by atoms with Gasteiger partial charge in [-0.25, -0.2) is 4.39 Å². The summed E-state index contributed by atoms with van der Waals surface area (Å²) in [6.45, 7) is 0. The lowest BCUT2D eigenvalue weighted by Gasteiger charge is -2.11. The number of aromatic nitrogens is 3. The summed E-state index contributed by atoms with van der Waals surface area (Å²) in [7, 11) is 0. The van der Waals surface area contributed by atoms with Crippen LogP contribution in [0.3, 0.4) is 0 Å². The highest BCUT2D eigenvalue weighted by Crippen LogP contribution is 2.32. The van der Waals surface area contributed by atoms with E-state index in [1.807, 2.05) is 53.1 Å². The maximum absolute atomic E-state index is 13.1. The molecule has 0 spiro atoms. The number of Topliss-reactive ketones (excluding diaryl/α,β-unsaturated/α-hetero) is 1. The Morgan fingerprint density at radius 3 is 2.34 bits per heavy atom. The first-order valence-corrected chi connectivity index (χ1v) is 10.2. The Hall–Kier alpha value is -2.96. The molecule has 4 nitrogen and oxygen atoms in total. The van der Waals surface area contributed by atoms with Crippen molar-refractivity contribution in [3.63, 3.8) is 0 Å². The fraction of sp³-hybridized carbons (Fsp3) is 0.0455. The van der Waals surface area contributed by atoms with Gasteiger partial charge in [0.05, 0.1) is 10.8 Å². The van der Waals surface area contributed by atoms with Gasteiger partial charge in [0.2, 0.25) is 0 Å². The maximum atomic E-state index is 13.1. The van der Waals surface area contributed by atoms with Crippen LogP contribution in [-0.2, 0) is 0 Å². The van der Waals surface area contributed by atoms with Crippen molar-refractivity contribution in [3.8, 4) is 17.1 Å². The van der Waals surface area contributed by atoms with Crippen molar-refractivity contribution < 1.29 is 9.18 Å². The highest BCUT2D eigenvalue weighted by Gasteiger charge is 2.19. The van der Waals surface area contributed by atoms with Gasteiger partial charge in [0, 0.05) is 16.8 Å². The van der Waals surface area contributed by atoms with Crippen LogP contribution in [0.5, 0.6) is 0 Å². The zero-order valence-corrected chi connectivity index (χ0v) is 16.7. The van der Waals surface area contributed by atoms with Crippen LogP contribution < -0.4 is 0 Å². The van der Waals surface area contributed by atoms with Crippen molar-refractivity contribution in [2.75, 3.05) is 5.75 Å². The number of hydrogen-bond acceptors (Lipinski definition) is 4. The van der Waals surface area contributed by atoms with Gasteiger partial charge in [0.15, 0.2) is 16.8 Å². The molecule has 0 amide bonds. The van der Waals surface area contributed by atoms with E-state index in [1.54, 1.807) is 6.07 Å². The molecule has 1 aromatic heterocycles. The molecule has 0 saturated heterocycles. The number of para-hydroxylation sites is 1. The lowest BCUT2D eigenvalue weighted by molar-refractivity contribution is 0.102. The summed E-state index contributed by atoms with van der Waals surface area (Å²) in [6.07, 6.45) is 0. The molecule has 0 aliphatic carbocycles. The summed E-state index contributed by atoms with van der Waals surface area (Å²) in [5.74, 6) is 0.261. The summed E-state index contributed by atoms with van der Waals surface area (Å²) in [4.78, 5) is 12.5. The number of halogens is 2. The summed E-state index contributed by atoms with van der Waals surface area (Å²) in [5, 5.41) is 9.76. The van der Waals surface area contributed by atoms with Crippen LogP contribution in [-0.4, -0.2) is 26.3 Å². The first-order chi connectivity index (χ1) is 14.1. The van der Waals surface area contributed by atoms with Crippen LogP contribution >= 0.6 is 23.4 Å². The summed E-state index contributed by atoms with van der Waals surface area (Å²) in [5.41, 5.74) is 2.07. The monoisotopic (exact) mass is 423 g/mol. The molecule has 0 atom stereocenters. The Kier molecular flexibility index (Phi) is 5.74. The van der Waals surface area contributed by atoms with Gasteiger partial charge in [-0.3, -0.25) is 9.36 Å². The van der Waals surface area contributed by atoms with Crippen molar-refractivity contribution in [2.24, 2.45) is 0 Å². The van der Waals surface area contributed by atoms with E-state index in [-0.39, 0.29) is 17.4 Å². The normalized spacial score (nSPS) is 10.8. The molecule has 29 heavy (non-hydrogen) atoms. The SMILES string of the molecule is O=C(CSc1nnc(-c2ccccc2Cl)n1-c1ccccc1)c1ccc(F)cc1. The molecule has 0 unspecified atom stereocenters. The maximum Gasteiger partial charge on any atom is 0.196 e. The topological polar surface area (TPSA) is 47.8 Å². The minimum absolute atomic E-state index is 0.114. The van der Waals surface area contributed by atoms with E-state index in [1.165, 1.54) is 36.0 Å². The number of ketones is 1. The van der Waals surface area contributed by atoms with E-state index in [2.05, 4.69) is 10.2 Å². The van der Waals surface area contributed by atoms with E-state index in [9.17, 15) is 9.18 Å². The molecular weight excluding hydrogens is 409 g/mol. The second-order valence-corrected chi connectivity index (χ2v) is 7.53. The minimum Gasteiger partial charge on any atom is -0.293 e. The van der Waals surface area contributed by atoms with Crippen LogP contribution in [0.15, 0.2) is 84.0 Å². The average Bonchev–Trinajstić information content (AvgIpc) is 3.17. The Bertz CT molecular complexity index is 1150. The van der Waals surface area contributed by atoms with Crippen molar-refractivity contribution in [2.45, 2.75) is 5.16 Å². The Morgan fingerprint density at radius 2 is 1.62 bits per heavy atom. The van der Waals surface area contributed by atoms with Crippen LogP contribution in [0.1, 0.15) is 10.4 Å². The number of thioether (sulfide) groups is 1. The number of hydrogen-bond donors (Lipinski definition) is 0. The van der Waals surface area contributed by atoms with Crippen LogP contribution in [0.4, 0.5) is 4.39 Å². The third kappa shape index (κ3) is 4.23. The Labute approximate surface area is 176 Å². The number of carbonyl (C=O) groups is 1. The first-order valence-electron chi connectivity index (χ1n) is 8.81. The van der Waals surface area contributed by atoms with Gasteiger partial charge < -0.3 is 0 Å². The third-order valence-electron chi connectivity index (χ3n) is 4.26. The predicted octanol–water partition coefficient (Wildman–Crippen LogP) is 5.70. The van der Waals surface area contributed by atoms with Gasteiger partial charge in [0.25, 0.3) is 0 Å². The highest BCUT2D eigenvalue weighted by molar-refractivity contribution is 7.99. The fourth-order valence-electron chi connectivity index (χ4n) is 2.84. The Morgan fingerprint density at radius 1 is 0.931 bits per heavy atom. The molecule has 144 valence electrons. The largest absolute Gasteiger partial charge is 0.293 e. The number of nitrogens with zero attached hydrogens (tertiary/aromatic N) is 3. The predicted molar refractivity (Wildman–Crippen MR) is 113 cm³/mol. The zero-order valence-electron chi connectivity index (χ0n) is 15.1. The molecule has 1 heterocycles. The molecule has 4 rings (SSSR count). The van der Waals surface area contributed by atoms with Gasteiger partial charge in [-0.1, -0.05) is 53.7 Å². The molecule has 0 aliphatic rings. The molecule has 0 fully saturated rings. The Balaban J connectivity index is 1.68. The number of rotatable bonds is 6. The second kappa shape index (κ2) is 8.59. The number of benzene rings is 3. The summed E-state index contributed by atoms with van der Waals surface area (Å²) < 4.78 is 15.0. The molecular formula is C22H15ClFN3OS. The van der Waals surface area contributed by atoms with Crippen molar-refractivity contribution in [1.29, 1.82) is 0 Å². The van der Waals surface area contributed by atoms with Crippen LogP contribution in [0.25, 0.3) is 17.1 Å². The fourth-order valence-corrected chi connectivity index (χ4v) is 3.91. The molecule has 0 bridgehead atoms. The van der Waals surface area contributed by atoms with E-state index < -0.39 is 0 Å². The molecule has 0 saturated carbocycles. The molecule has 4 aromatic rings. The van der Waals surface area contributed by atoms with Crippen molar-refractivity contribution in [1.82, 2.24) is 14.8 Å². The standard InChI is InChI=1S/C22H15ClFN3OS/c23-19-9-5-4-8-18(19)21-25-26-22(27(21)17-6-2-1-3-7-17)29-14-20(28)15-10-12-16(24)13-11-15/h1-13H,14H2. The molecule has 0 N–H and O–H groups in total. The summed E-state index contributed by atoms with van der Waals surface area (Å²) >= 11 is 7.65. The lowest BCUT2D eigenvalue weighted by Crippen LogP contribution is -2.05. The minimum atomic E-state index is -0.373. The quantitative estimate of drug-likeness (QED) is 0.295. The van der Waals surface area contributed by atoms with Gasteiger partial charge in [0.1, 0.15) is 5.82 Å². The van der Waals surface area contributed by atoms with E-state index >= 15 is 0 Å².